The largest absolute Gasteiger partial charge is 0.494 e. The highest BCUT2D eigenvalue weighted by Crippen LogP contribution is 2.32. The summed E-state index contributed by atoms with van der Waals surface area (Å²) in [5, 5.41) is 4.10. The molecule has 1 aliphatic heterocycles. The Labute approximate surface area is 215 Å². The number of nitrogens with one attached hydrogen (secondary N) is 1. The van der Waals surface area contributed by atoms with Gasteiger partial charge in [-0.25, -0.2) is 4.98 Å². The number of thiazole rings is 1. The maximum Gasteiger partial charge on any atom is 0.251 e. The van der Waals surface area contributed by atoms with Crippen molar-refractivity contribution in [2.45, 2.75) is 6.92 Å². The zero-order valence-electron chi connectivity index (χ0n) is 20.4. The number of hydrogen-bond donors (Lipinski definition) is 1. The SMILES string of the molecule is CCOc1ccc2nc(N3CCN(CCNC(=O)c4ccc(Oc5ccccc5)cc4)CC3)sc2c1. The number of benzene rings is 3. The zero-order chi connectivity index (χ0) is 24.7. The first kappa shape index (κ1) is 24.1. The van der Waals surface area contributed by atoms with E-state index in [1.165, 1.54) is 0 Å². The van der Waals surface area contributed by atoms with Crippen molar-refractivity contribution in [3.8, 4) is 17.2 Å². The van der Waals surface area contributed by atoms with Crippen LogP contribution in [0.5, 0.6) is 17.2 Å². The number of amides is 1. The van der Waals surface area contributed by atoms with E-state index in [0.29, 0.717) is 24.5 Å². The van der Waals surface area contributed by atoms with E-state index in [1.807, 2.05) is 61.5 Å². The summed E-state index contributed by atoms with van der Waals surface area (Å²) in [6.45, 7) is 7.84. The average Bonchev–Trinajstić information content (AvgIpc) is 3.34. The van der Waals surface area contributed by atoms with Gasteiger partial charge in [0.25, 0.3) is 5.91 Å². The lowest BCUT2D eigenvalue weighted by atomic mass is 10.2. The van der Waals surface area contributed by atoms with Crippen LogP contribution in [0.3, 0.4) is 0 Å². The third kappa shape index (κ3) is 5.95. The van der Waals surface area contributed by atoms with Crippen molar-refractivity contribution < 1.29 is 14.3 Å². The Kier molecular flexibility index (Phi) is 7.64. The predicted octanol–water partition coefficient (Wildman–Crippen LogP) is 5.04. The van der Waals surface area contributed by atoms with Crippen LogP contribution in [0.25, 0.3) is 10.2 Å². The van der Waals surface area contributed by atoms with Gasteiger partial charge >= 0.3 is 0 Å². The molecule has 1 saturated heterocycles. The van der Waals surface area contributed by atoms with Gasteiger partial charge < -0.3 is 19.7 Å². The number of aromatic nitrogens is 1. The first-order chi connectivity index (χ1) is 17.7. The summed E-state index contributed by atoms with van der Waals surface area (Å²) in [5.74, 6) is 2.30. The Bertz CT molecular complexity index is 1290. The summed E-state index contributed by atoms with van der Waals surface area (Å²) >= 11 is 1.72. The molecule has 1 fully saturated rings. The van der Waals surface area contributed by atoms with Gasteiger partial charge in [-0.15, -0.1) is 0 Å². The van der Waals surface area contributed by atoms with Crippen molar-refractivity contribution in [2.24, 2.45) is 0 Å². The molecule has 1 aromatic heterocycles. The van der Waals surface area contributed by atoms with Crippen molar-refractivity contribution in [3.05, 3.63) is 78.4 Å². The highest BCUT2D eigenvalue weighted by atomic mass is 32.1. The van der Waals surface area contributed by atoms with E-state index in [1.54, 1.807) is 23.5 Å². The van der Waals surface area contributed by atoms with Crippen molar-refractivity contribution in [3.63, 3.8) is 0 Å². The Hall–Kier alpha value is -3.62. The first-order valence-electron chi connectivity index (χ1n) is 12.3. The molecule has 0 saturated carbocycles. The van der Waals surface area contributed by atoms with Gasteiger partial charge in [0.2, 0.25) is 0 Å². The smallest absolute Gasteiger partial charge is 0.251 e. The molecular formula is C28H30N4O3S. The minimum absolute atomic E-state index is 0.0687. The molecule has 4 aromatic rings. The Balaban J connectivity index is 1.06. The number of nitrogens with zero attached hydrogens (tertiary/aromatic N) is 3. The quantitative estimate of drug-likeness (QED) is 0.346. The molecule has 0 radical (unpaired) electrons. The van der Waals surface area contributed by atoms with Gasteiger partial charge in [0, 0.05) is 44.8 Å². The van der Waals surface area contributed by atoms with Crippen LogP contribution in [-0.4, -0.2) is 61.7 Å². The number of carbonyl (C=O) groups excluding carboxylic acids is 1. The molecule has 0 unspecified atom stereocenters. The number of anilines is 1. The van der Waals surface area contributed by atoms with Gasteiger partial charge in [0.15, 0.2) is 5.13 Å². The van der Waals surface area contributed by atoms with Crippen LogP contribution in [0.1, 0.15) is 17.3 Å². The standard InChI is InChI=1S/C28H30N4O3S/c1-2-34-24-12-13-25-26(20-24)36-28(30-25)32-18-16-31(17-19-32)15-14-29-27(33)21-8-10-23(11-9-21)35-22-6-4-3-5-7-22/h3-13,20H,2,14-19H2,1H3,(H,29,33). The van der Waals surface area contributed by atoms with Crippen molar-refractivity contribution in [2.75, 3.05) is 50.8 Å². The van der Waals surface area contributed by atoms with Gasteiger partial charge in [0.05, 0.1) is 16.8 Å². The van der Waals surface area contributed by atoms with Crippen LogP contribution in [0.2, 0.25) is 0 Å². The summed E-state index contributed by atoms with van der Waals surface area (Å²) in [7, 11) is 0. The molecule has 36 heavy (non-hydrogen) atoms. The lowest BCUT2D eigenvalue weighted by Crippen LogP contribution is -2.48. The summed E-state index contributed by atoms with van der Waals surface area (Å²) in [6.07, 6.45) is 0. The Morgan fingerprint density at radius 2 is 1.67 bits per heavy atom. The molecule has 0 spiro atoms. The van der Waals surface area contributed by atoms with Gasteiger partial charge in [-0.2, -0.15) is 0 Å². The second-order valence-electron chi connectivity index (χ2n) is 8.58. The van der Waals surface area contributed by atoms with E-state index in [4.69, 9.17) is 14.5 Å². The molecule has 8 heteroatoms. The van der Waals surface area contributed by atoms with Crippen molar-refractivity contribution in [1.29, 1.82) is 0 Å². The third-order valence-corrected chi connectivity index (χ3v) is 7.19. The normalized spacial score (nSPS) is 14.1. The fourth-order valence-corrected chi connectivity index (χ4v) is 5.22. The zero-order valence-corrected chi connectivity index (χ0v) is 21.2. The fraction of sp³-hybridized carbons (Fsp3) is 0.286. The minimum atomic E-state index is -0.0687. The maximum absolute atomic E-state index is 12.5. The number of ether oxygens (including phenoxy) is 2. The van der Waals surface area contributed by atoms with Crippen molar-refractivity contribution in [1.82, 2.24) is 15.2 Å². The Morgan fingerprint density at radius 1 is 0.944 bits per heavy atom. The lowest BCUT2D eigenvalue weighted by Gasteiger charge is -2.34. The van der Waals surface area contributed by atoms with E-state index in [2.05, 4.69) is 21.2 Å². The monoisotopic (exact) mass is 502 g/mol. The fourth-order valence-electron chi connectivity index (χ4n) is 4.18. The molecule has 186 valence electrons. The molecule has 2 heterocycles. The number of piperazine rings is 1. The van der Waals surface area contributed by atoms with Gasteiger partial charge in [-0.1, -0.05) is 29.5 Å². The first-order valence-corrected chi connectivity index (χ1v) is 13.1. The maximum atomic E-state index is 12.5. The van der Waals surface area contributed by atoms with Crippen LogP contribution >= 0.6 is 11.3 Å². The molecule has 0 aliphatic carbocycles. The molecule has 1 N–H and O–H groups in total. The minimum Gasteiger partial charge on any atom is -0.494 e. The van der Waals surface area contributed by atoms with E-state index in [9.17, 15) is 4.79 Å². The number of carbonyl (C=O) groups is 1. The number of hydrogen-bond acceptors (Lipinski definition) is 7. The molecule has 0 atom stereocenters. The molecular weight excluding hydrogens is 472 g/mol. The summed E-state index contributed by atoms with van der Waals surface area (Å²) in [6, 6.07) is 22.9. The molecule has 1 amide bonds. The molecule has 0 bridgehead atoms. The third-order valence-electron chi connectivity index (χ3n) is 6.11. The van der Waals surface area contributed by atoms with Crippen LogP contribution in [0, 0.1) is 0 Å². The second-order valence-corrected chi connectivity index (χ2v) is 9.59. The van der Waals surface area contributed by atoms with Gasteiger partial charge in [0.1, 0.15) is 17.2 Å². The van der Waals surface area contributed by atoms with Crippen LogP contribution in [0.4, 0.5) is 5.13 Å². The second kappa shape index (κ2) is 11.4. The highest BCUT2D eigenvalue weighted by Gasteiger charge is 2.20. The molecule has 1 aliphatic rings. The molecule has 7 nitrogen and oxygen atoms in total. The van der Waals surface area contributed by atoms with E-state index >= 15 is 0 Å². The highest BCUT2D eigenvalue weighted by molar-refractivity contribution is 7.22. The number of rotatable bonds is 9. The van der Waals surface area contributed by atoms with Crippen LogP contribution in [0.15, 0.2) is 72.8 Å². The summed E-state index contributed by atoms with van der Waals surface area (Å²) < 4.78 is 12.6. The number of para-hydroxylation sites is 1. The number of fused-ring (bicyclic) bond motifs is 1. The topological polar surface area (TPSA) is 66.9 Å². The van der Waals surface area contributed by atoms with E-state index in [-0.39, 0.29) is 5.91 Å². The van der Waals surface area contributed by atoms with Crippen LogP contribution in [-0.2, 0) is 0 Å². The van der Waals surface area contributed by atoms with Crippen molar-refractivity contribution >= 4 is 32.6 Å². The molecule has 5 rings (SSSR count). The van der Waals surface area contributed by atoms with E-state index < -0.39 is 0 Å². The Morgan fingerprint density at radius 3 is 2.42 bits per heavy atom. The average molecular weight is 503 g/mol. The van der Waals surface area contributed by atoms with Crippen LogP contribution < -0.4 is 19.7 Å². The summed E-state index contributed by atoms with van der Waals surface area (Å²) in [4.78, 5) is 22.1. The molecule has 3 aromatic carbocycles. The van der Waals surface area contributed by atoms with Gasteiger partial charge in [-0.05, 0) is 61.5 Å². The lowest BCUT2D eigenvalue weighted by molar-refractivity contribution is 0.0947. The predicted molar refractivity (Wildman–Crippen MR) is 145 cm³/mol. The summed E-state index contributed by atoms with van der Waals surface area (Å²) in [5.41, 5.74) is 1.65. The van der Waals surface area contributed by atoms with E-state index in [0.717, 1.165) is 59.6 Å². The van der Waals surface area contributed by atoms with Gasteiger partial charge in [-0.3, -0.25) is 9.69 Å².